The molecule has 20 heavy (non-hydrogen) atoms. The monoisotopic (exact) mass is 273 g/mol. The average molecular weight is 273 g/mol. The van der Waals surface area contributed by atoms with Gasteiger partial charge in [-0.3, -0.25) is 4.98 Å². The first-order chi connectivity index (χ1) is 9.52. The molecule has 0 aliphatic rings. The maximum absolute atomic E-state index is 13.3. The van der Waals surface area contributed by atoms with E-state index in [1.165, 1.54) is 12.1 Å². The van der Waals surface area contributed by atoms with Crippen molar-refractivity contribution >= 4 is 11.4 Å². The van der Waals surface area contributed by atoms with E-state index in [0.29, 0.717) is 6.54 Å². The molecule has 0 bridgehead atoms. The number of rotatable bonds is 4. The van der Waals surface area contributed by atoms with Crippen molar-refractivity contribution in [3.8, 4) is 0 Å². The molecule has 0 aliphatic heterocycles. The molecule has 0 saturated heterocycles. The van der Waals surface area contributed by atoms with Gasteiger partial charge in [0.2, 0.25) is 0 Å². The summed E-state index contributed by atoms with van der Waals surface area (Å²) in [6, 6.07) is 6.61. The number of nitrogen functional groups attached to an aromatic ring is 1. The van der Waals surface area contributed by atoms with Gasteiger partial charge in [0.15, 0.2) is 0 Å². The molecule has 4 heteroatoms. The van der Waals surface area contributed by atoms with E-state index in [1.807, 2.05) is 26.8 Å². The van der Waals surface area contributed by atoms with Crippen molar-refractivity contribution < 1.29 is 4.39 Å². The number of nitrogens with two attached hydrogens (primary N) is 1. The molecular formula is C16H20FN3. The van der Waals surface area contributed by atoms with Gasteiger partial charge in [0, 0.05) is 24.1 Å². The van der Waals surface area contributed by atoms with Crippen molar-refractivity contribution in [2.24, 2.45) is 0 Å². The molecule has 0 aliphatic carbocycles. The zero-order chi connectivity index (χ0) is 14.7. The van der Waals surface area contributed by atoms with E-state index in [2.05, 4.69) is 9.88 Å². The fourth-order valence-corrected chi connectivity index (χ4v) is 2.19. The highest BCUT2D eigenvalue weighted by Crippen LogP contribution is 2.22. The quantitative estimate of drug-likeness (QED) is 0.927. The smallest absolute Gasteiger partial charge is 0.125 e. The number of aromatic nitrogens is 1. The zero-order valence-corrected chi connectivity index (χ0v) is 12.2. The van der Waals surface area contributed by atoms with E-state index in [4.69, 9.17) is 5.73 Å². The molecular weight excluding hydrogens is 253 g/mol. The Morgan fingerprint density at radius 3 is 2.70 bits per heavy atom. The van der Waals surface area contributed by atoms with Crippen molar-refractivity contribution in [2.75, 3.05) is 17.2 Å². The highest BCUT2D eigenvalue weighted by atomic mass is 19.1. The van der Waals surface area contributed by atoms with Crippen molar-refractivity contribution in [1.82, 2.24) is 4.98 Å². The maximum atomic E-state index is 13.3. The molecule has 0 amide bonds. The van der Waals surface area contributed by atoms with Crippen LogP contribution in [0.3, 0.4) is 0 Å². The number of hydrogen-bond donors (Lipinski definition) is 1. The molecule has 1 aromatic carbocycles. The zero-order valence-electron chi connectivity index (χ0n) is 12.2. The molecule has 1 heterocycles. The van der Waals surface area contributed by atoms with Crippen molar-refractivity contribution in [3.63, 3.8) is 0 Å². The van der Waals surface area contributed by atoms with Crippen LogP contribution in [0.5, 0.6) is 0 Å². The van der Waals surface area contributed by atoms with E-state index >= 15 is 0 Å². The summed E-state index contributed by atoms with van der Waals surface area (Å²) in [6.45, 7) is 7.36. The molecule has 1 aromatic heterocycles. The van der Waals surface area contributed by atoms with Crippen LogP contribution < -0.4 is 10.6 Å². The first-order valence-corrected chi connectivity index (χ1v) is 6.74. The normalized spacial score (nSPS) is 10.6. The van der Waals surface area contributed by atoms with Crippen LogP contribution in [0.4, 0.5) is 15.8 Å². The molecule has 0 spiro atoms. The second-order valence-electron chi connectivity index (χ2n) is 4.92. The Balaban J connectivity index is 2.29. The third-order valence-corrected chi connectivity index (χ3v) is 3.57. The summed E-state index contributed by atoms with van der Waals surface area (Å²) in [5, 5.41) is 0. The third kappa shape index (κ3) is 2.90. The molecule has 0 radical (unpaired) electrons. The second-order valence-corrected chi connectivity index (χ2v) is 4.92. The molecule has 2 rings (SSSR count). The average Bonchev–Trinajstić information content (AvgIpc) is 2.44. The van der Waals surface area contributed by atoms with E-state index in [-0.39, 0.29) is 5.82 Å². The van der Waals surface area contributed by atoms with Crippen LogP contribution >= 0.6 is 0 Å². The Kier molecular flexibility index (Phi) is 4.23. The third-order valence-electron chi connectivity index (χ3n) is 3.57. The minimum absolute atomic E-state index is 0.228. The van der Waals surface area contributed by atoms with Gasteiger partial charge >= 0.3 is 0 Å². The first kappa shape index (κ1) is 14.3. The minimum atomic E-state index is -0.228. The van der Waals surface area contributed by atoms with Gasteiger partial charge in [0.1, 0.15) is 5.82 Å². The SMILES string of the molecule is CCN(Cc1ncc(C)c(N)c1C)c1cccc(F)c1. The molecule has 0 fully saturated rings. The van der Waals surface area contributed by atoms with Crippen molar-refractivity contribution in [3.05, 3.63) is 53.1 Å². The van der Waals surface area contributed by atoms with Crippen LogP contribution in [0.1, 0.15) is 23.7 Å². The summed E-state index contributed by atoms with van der Waals surface area (Å²) in [6.07, 6.45) is 1.79. The molecule has 2 N–H and O–H groups in total. The van der Waals surface area contributed by atoms with Crippen molar-refractivity contribution in [1.29, 1.82) is 0 Å². The molecule has 0 unspecified atom stereocenters. The summed E-state index contributed by atoms with van der Waals surface area (Å²) in [5.74, 6) is -0.228. The van der Waals surface area contributed by atoms with Gasteiger partial charge in [0.25, 0.3) is 0 Å². The van der Waals surface area contributed by atoms with E-state index in [0.717, 1.165) is 34.7 Å². The molecule has 106 valence electrons. The van der Waals surface area contributed by atoms with Crippen LogP contribution in [0.25, 0.3) is 0 Å². The predicted molar refractivity (Wildman–Crippen MR) is 81.2 cm³/mol. The van der Waals surface area contributed by atoms with Gasteiger partial charge in [-0.15, -0.1) is 0 Å². The van der Waals surface area contributed by atoms with E-state index in [9.17, 15) is 4.39 Å². The maximum Gasteiger partial charge on any atom is 0.125 e. The largest absolute Gasteiger partial charge is 0.398 e. The number of nitrogens with zero attached hydrogens (tertiary/aromatic N) is 2. The van der Waals surface area contributed by atoms with E-state index < -0.39 is 0 Å². The van der Waals surface area contributed by atoms with E-state index in [1.54, 1.807) is 12.3 Å². The Bertz CT molecular complexity index is 611. The Morgan fingerprint density at radius 1 is 1.30 bits per heavy atom. The number of halogens is 1. The Hall–Kier alpha value is -2.10. The first-order valence-electron chi connectivity index (χ1n) is 6.74. The number of aryl methyl sites for hydroxylation is 1. The summed E-state index contributed by atoms with van der Waals surface area (Å²) in [7, 11) is 0. The van der Waals surface area contributed by atoms with Crippen LogP contribution in [-0.4, -0.2) is 11.5 Å². The van der Waals surface area contributed by atoms with Gasteiger partial charge in [-0.05, 0) is 50.1 Å². The second kappa shape index (κ2) is 5.90. The highest BCUT2D eigenvalue weighted by molar-refractivity contribution is 5.54. The number of hydrogen-bond acceptors (Lipinski definition) is 3. The van der Waals surface area contributed by atoms with Gasteiger partial charge in [-0.2, -0.15) is 0 Å². The summed E-state index contributed by atoms with van der Waals surface area (Å²) < 4.78 is 13.3. The lowest BCUT2D eigenvalue weighted by molar-refractivity contribution is 0.626. The van der Waals surface area contributed by atoms with Gasteiger partial charge in [0.05, 0.1) is 12.2 Å². The molecule has 0 atom stereocenters. The standard InChI is InChI=1S/C16H20FN3/c1-4-20(14-7-5-6-13(17)8-14)10-15-12(3)16(18)11(2)9-19-15/h5-9H,4,10H2,1-3H3,(H2,18,19). The topological polar surface area (TPSA) is 42.2 Å². The lowest BCUT2D eigenvalue weighted by Crippen LogP contribution is -2.23. The lowest BCUT2D eigenvalue weighted by Gasteiger charge is -2.24. The predicted octanol–water partition coefficient (Wildman–Crippen LogP) is 3.45. The highest BCUT2D eigenvalue weighted by Gasteiger charge is 2.11. The molecule has 3 nitrogen and oxygen atoms in total. The number of pyridine rings is 1. The summed E-state index contributed by atoms with van der Waals surface area (Å²) in [5.41, 5.74) is 10.6. The lowest BCUT2D eigenvalue weighted by atomic mass is 10.1. The van der Waals surface area contributed by atoms with Gasteiger partial charge in [-0.25, -0.2) is 4.39 Å². The van der Waals surface area contributed by atoms with Crippen LogP contribution in [0.2, 0.25) is 0 Å². The fraction of sp³-hybridized carbons (Fsp3) is 0.312. The number of anilines is 2. The number of benzene rings is 1. The minimum Gasteiger partial charge on any atom is -0.398 e. The van der Waals surface area contributed by atoms with Gasteiger partial charge < -0.3 is 10.6 Å². The van der Waals surface area contributed by atoms with Crippen LogP contribution in [0, 0.1) is 19.7 Å². The molecule has 0 saturated carbocycles. The summed E-state index contributed by atoms with van der Waals surface area (Å²) in [4.78, 5) is 6.54. The fourth-order valence-electron chi connectivity index (χ4n) is 2.19. The van der Waals surface area contributed by atoms with Gasteiger partial charge in [-0.1, -0.05) is 6.07 Å². The summed E-state index contributed by atoms with van der Waals surface area (Å²) >= 11 is 0. The Morgan fingerprint density at radius 2 is 2.05 bits per heavy atom. The van der Waals surface area contributed by atoms with Crippen molar-refractivity contribution in [2.45, 2.75) is 27.3 Å². The van der Waals surface area contributed by atoms with Crippen LogP contribution in [0.15, 0.2) is 30.5 Å². The Labute approximate surface area is 119 Å². The molecule has 2 aromatic rings. The van der Waals surface area contributed by atoms with Crippen LogP contribution in [-0.2, 0) is 6.54 Å².